The second kappa shape index (κ2) is 7.66. The Morgan fingerprint density at radius 1 is 0.647 bits per heavy atom. The summed E-state index contributed by atoms with van der Waals surface area (Å²) in [6, 6.07) is 25.9. The van der Waals surface area contributed by atoms with Gasteiger partial charge in [0, 0.05) is 11.8 Å². The molecule has 4 atom stereocenters. The van der Waals surface area contributed by atoms with Gasteiger partial charge in [0.1, 0.15) is 0 Å². The van der Waals surface area contributed by atoms with E-state index in [0.29, 0.717) is 5.69 Å². The summed E-state index contributed by atoms with van der Waals surface area (Å²) in [5, 5.41) is 11.1. The second-order valence-electron chi connectivity index (χ2n) is 8.90. The van der Waals surface area contributed by atoms with Crippen molar-refractivity contribution in [3.8, 4) is 0 Å². The molecule has 0 aromatic heterocycles. The number of carboxylic acids is 1. The molecule has 3 aromatic carbocycles. The Hall–Kier alpha value is -4.25. The number of anilines is 1. The normalized spacial score (nSPS) is 24.6. The van der Waals surface area contributed by atoms with Crippen molar-refractivity contribution in [2.75, 3.05) is 4.90 Å². The molecule has 2 fully saturated rings. The fourth-order valence-electron chi connectivity index (χ4n) is 5.81. The summed E-state index contributed by atoms with van der Waals surface area (Å²) in [7, 11) is 0. The summed E-state index contributed by atoms with van der Waals surface area (Å²) >= 11 is 0. The predicted molar refractivity (Wildman–Crippen MR) is 125 cm³/mol. The van der Waals surface area contributed by atoms with E-state index in [0.717, 1.165) is 22.3 Å². The highest BCUT2D eigenvalue weighted by atomic mass is 16.4. The molecule has 0 N–H and O–H groups in total. The maximum atomic E-state index is 13.6. The third kappa shape index (κ3) is 2.90. The third-order valence-electron chi connectivity index (χ3n) is 7.19. The van der Waals surface area contributed by atoms with Crippen LogP contribution in [0.4, 0.5) is 5.69 Å². The Bertz CT molecular complexity index is 1300. The van der Waals surface area contributed by atoms with Crippen molar-refractivity contribution in [3.63, 3.8) is 0 Å². The first kappa shape index (κ1) is 20.4. The molecule has 34 heavy (non-hydrogen) atoms. The summed E-state index contributed by atoms with van der Waals surface area (Å²) < 4.78 is 0. The summed E-state index contributed by atoms with van der Waals surface area (Å²) in [6.45, 7) is 0. The zero-order valence-corrected chi connectivity index (χ0v) is 18.1. The lowest BCUT2D eigenvalue weighted by Gasteiger charge is -2.21. The quantitative estimate of drug-likeness (QED) is 0.454. The number of allylic oxidation sites excluding steroid dienone is 3. The van der Waals surface area contributed by atoms with Crippen LogP contribution >= 0.6 is 0 Å². The van der Waals surface area contributed by atoms with Crippen molar-refractivity contribution < 1.29 is 19.5 Å². The highest BCUT2D eigenvalue weighted by molar-refractivity contribution is 6.23. The first-order valence-electron chi connectivity index (χ1n) is 11.3. The second-order valence-corrected chi connectivity index (χ2v) is 8.90. The summed E-state index contributed by atoms with van der Waals surface area (Å²) in [6.07, 6.45) is 4.14. The fourth-order valence-corrected chi connectivity index (χ4v) is 5.81. The van der Waals surface area contributed by atoms with E-state index in [1.807, 2.05) is 36.4 Å². The van der Waals surface area contributed by atoms with Crippen LogP contribution in [0.1, 0.15) is 21.5 Å². The van der Waals surface area contributed by atoms with E-state index in [-0.39, 0.29) is 29.2 Å². The lowest BCUT2D eigenvalue weighted by Crippen LogP contribution is -2.33. The van der Waals surface area contributed by atoms with Crippen molar-refractivity contribution in [1.82, 2.24) is 0 Å². The third-order valence-corrected chi connectivity index (χ3v) is 7.19. The van der Waals surface area contributed by atoms with Crippen molar-refractivity contribution >= 4 is 29.0 Å². The molecule has 6 rings (SSSR count). The molecule has 3 aliphatic rings. The minimum Gasteiger partial charge on any atom is -0.545 e. The van der Waals surface area contributed by atoms with Gasteiger partial charge in [0.2, 0.25) is 11.8 Å². The molecule has 5 nitrogen and oxygen atoms in total. The minimum atomic E-state index is -1.30. The Morgan fingerprint density at radius 3 is 1.56 bits per heavy atom. The molecule has 2 aliphatic carbocycles. The molecule has 0 spiro atoms. The van der Waals surface area contributed by atoms with E-state index in [1.165, 1.54) is 29.2 Å². The van der Waals surface area contributed by atoms with Crippen molar-refractivity contribution in [2.24, 2.45) is 23.7 Å². The van der Waals surface area contributed by atoms with E-state index in [4.69, 9.17) is 0 Å². The van der Waals surface area contributed by atoms with Crippen molar-refractivity contribution in [1.29, 1.82) is 0 Å². The number of carbonyl (C=O) groups is 3. The zero-order chi connectivity index (χ0) is 23.4. The number of fused-ring (bicyclic) bond motifs is 5. The van der Waals surface area contributed by atoms with Gasteiger partial charge in [0.05, 0.1) is 23.5 Å². The molecular weight excluding hydrogens is 426 g/mol. The number of rotatable bonds is 4. The molecule has 1 saturated carbocycles. The van der Waals surface area contributed by atoms with Gasteiger partial charge in [-0.2, -0.15) is 0 Å². The standard InChI is InChI=1S/C29H21NO4/c31-27-25-21-15-16-22(26(25)28(32)30(27)20-13-11-19(12-14-20)29(33)34)24(21)23(17-7-3-1-4-8-17)18-9-5-2-6-10-18/h1-16,21-22,25-26H,(H,33,34)/p-1/t21-,22+,25-,26-/m0/s1. The number of benzene rings is 3. The smallest absolute Gasteiger partial charge is 0.238 e. The topological polar surface area (TPSA) is 77.5 Å². The zero-order valence-electron chi connectivity index (χ0n) is 18.1. The van der Waals surface area contributed by atoms with Crippen molar-refractivity contribution in [3.05, 3.63) is 119 Å². The number of nitrogens with zero attached hydrogens (tertiary/aromatic N) is 1. The number of aromatic carboxylic acids is 1. The summed E-state index contributed by atoms with van der Waals surface area (Å²) in [5.74, 6) is -2.99. The average molecular weight is 446 g/mol. The van der Waals surface area contributed by atoms with Crippen LogP contribution in [0.15, 0.2) is 103 Å². The molecule has 1 aliphatic heterocycles. The molecule has 1 saturated heterocycles. The number of imide groups is 1. The van der Waals surface area contributed by atoms with E-state index in [9.17, 15) is 19.5 Å². The van der Waals surface area contributed by atoms with Gasteiger partial charge in [-0.05, 0) is 40.0 Å². The van der Waals surface area contributed by atoms with Gasteiger partial charge in [0.25, 0.3) is 0 Å². The van der Waals surface area contributed by atoms with Crippen LogP contribution in [0.2, 0.25) is 0 Å². The molecule has 3 aromatic rings. The van der Waals surface area contributed by atoms with Gasteiger partial charge in [-0.1, -0.05) is 84.9 Å². The highest BCUT2D eigenvalue weighted by Crippen LogP contribution is 2.58. The van der Waals surface area contributed by atoms with Crippen molar-refractivity contribution in [2.45, 2.75) is 0 Å². The van der Waals surface area contributed by atoms with Gasteiger partial charge >= 0.3 is 0 Å². The molecule has 1 heterocycles. The van der Waals surface area contributed by atoms with Crippen LogP contribution in [0.5, 0.6) is 0 Å². The van der Waals surface area contributed by atoms with Crippen LogP contribution in [-0.2, 0) is 9.59 Å². The lowest BCUT2D eigenvalue weighted by molar-refractivity contribution is -0.255. The Morgan fingerprint density at radius 2 is 1.12 bits per heavy atom. The summed E-state index contributed by atoms with van der Waals surface area (Å²) in [5.41, 5.74) is 4.74. The van der Waals surface area contributed by atoms with E-state index in [2.05, 4.69) is 36.4 Å². The molecule has 2 bridgehead atoms. The molecule has 0 unspecified atom stereocenters. The first-order chi connectivity index (χ1) is 16.6. The number of hydrogen-bond donors (Lipinski definition) is 0. The van der Waals surface area contributed by atoms with Crippen LogP contribution in [0.25, 0.3) is 5.57 Å². The van der Waals surface area contributed by atoms with Gasteiger partial charge in [0.15, 0.2) is 0 Å². The van der Waals surface area contributed by atoms with E-state index >= 15 is 0 Å². The maximum absolute atomic E-state index is 13.6. The molecule has 0 radical (unpaired) electrons. The molecule has 5 heteroatoms. The number of hydrogen-bond acceptors (Lipinski definition) is 4. The lowest BCUT2D eigenvalue weighted by atomic mass is 9.85. The largest absolute Gasteiger partial charge is 0.545 e. The van der Waals surface area contributed by atoms with Gasteiger partial charge < -0.3 is 9.90 Å². The number of carboxylic acid groups (broad SMARTS) is 1. The van der Waals surface area contributed by atoms with E-state index in [1.54, 1.807) is 0 Å². The maximum Gasteiger partial charge on any atom is 0.238 e. The van der Waals surface area contributed by atoms with Crippen LogP contribution in [0, 0.1) is 23.7 Å². The van der Waals surface area contributed by atoms with Crippen LogP contribution in [-0.4, -0.2) is 17.8 Å². The monoisotopic (exact) mass is 446 g/mol. The van der Waals surface area contributed by atoms with Crippen LogP contribution in [0.3, 0.4) is 0 Å². The minimum absolute atomic E-state index is 0.00496. The Kier molecular flexibility index (Phi) is 4.59. The van der Waals surface area contributed by atoms with E-state index < -0.39 is 17.8 Å². The molecule has 166 valence electrons. The van der Waals surface area contributed by atoms with Gasteiger partial charge in [-0.25, -0.2) is 4.90 Å². The highest BCUT2D eigenvalue weighted by Gasteiger charge is 2.62. The summed E-state index contributed by atoms with van der Waals surface area (Å²) in [4.78, 5) is 39.4. The SMILES string of the molecule is O=C([O-])c1ccc(N2C(=O)[C@@H]3[C@@H](C2=O)[C@H]2C=C[C@@H]3C2=C(c2ccccc2)c2ccccc2)cc1. The first-order valence-corrected chi connectivity index (χ1v) is 11.3. The van der Waals surface area contributed by atoms with Crippen LogP contribution < -0.4 is 10.0 Å². The fraction of sp³-hybridized carbons (Fsp3) is 0.138. The average Bonchev–Trinajstić information content (AvgIpc) is 3.50. The Balaban J connectivity index is 1.44. The molecule has 2 amide bonds. The number of amides is 2. The Labute approximate surface area is 196 Å². The van der Waals surface area contributed by atoms with Gasteiger partial charge in [-0.15, -0.1) is 0 Å². The number of carbonyl (C=O) groups excluding carboxylic acids is 3. The van der Waals surface area contributed by atoms with Gasteiger partial charge in [-0.3, -0.25) is 9.59 Å². The predicted octanol–water partition coefficient (Wildman–Crippen LogP) is 3.47. The molecular formula is C29H20NO4-.